The Morgan fingerprint density at radius 2 is 1.79 bits per heavy atom. The molecule has 4 rings (SSSR count). The van der Waals surface area contributed by atoms with Gasteiger partial charge in [0.2, 0.25) is 0 Å². The molecule has 1 saturated carbocycles. The SMILES string of the molecule is Fc1cc(Cl)ncc1-c1ncc(CN2CC3(C2)CC3(F)F)cc1F. The molecule has 0 bridgehead atoms. The first-order chi connectivity index (χ1) is 11.3. The van der Waals surface area contributed by atoms with Crippen molar-refractivity contribution in [2.45, 2.75) is 18.9 Å². The van der Waals surface area contributed by atoms with Crippen molar-refractivity contribution in [3.63, 3.8) is 0 Å². The molecule has 0 atom stereocenters. The summed E-state index contributed by atoms with van der Waals surface area (Å²) in [7, 11) is 0. The van der Waals surface area contributed by atoms with E-state index in [4.69, 9.17) is 11.6 Å². The predicted octanol–water partition coefficient (Wildman–Crippen LogP) is 3.92. The Morgan fingerprint density at radius 3 is 2.38 bits per heavy atom. The molecule has 1 aliphatic heterocycles. The molecule has 2 aliphatic rings. The summed E-state index contributed by atoms with van der Waals surface area (Å²) in [6.07, 6.45) is 2.48. The number of nitrogens with zero attached hydrogens (tertiary/aromatic N) is 3. The third-order valence-electron chi connectivity index (χ3n) is 4.64. The summed E-state index contributed by atoms with van der Waals surface area (Å²) in [5.41, 5.74) is -0.549. The van der Waals surface area contributed by atoms with Gasteiger partial charge in [0, 0.05) is 44.5 Å². The third-order valence-corrected chi connectivity index (χ3v) is 4.85. The van der Waals surface area contributed by atoms with E-state index in [1.807, 2.05) is 4.90 Å². The first kappa shape index (κ1) is 15.8. The third kappa shape index (κ3) is 2.46. The van der Waals surface area contributed by atoms with Crippen LogP contribution in [-0.4, -0.2) is 33.9 Å². The Kier molecular flexibility index (Phi) is 3.37. The van der Waals surface area contributed by atoms with E-state index in [9.17, 15) is 17.6 Å². The van der Waals surface area contributed by atoms with E-state index in [2.05, 4.69) is 9.97 Å². The Bertz CT molecular complexity index is 821. The lowest BCUT2D eigenvalue weighted by Crippen LogP contribution is -2.50. The molecule has 126 valence electrons. The zero-order valence-electron chi connectivity index (χ0n) is 12.4. The van der Waals surface area contributed by atoms with Crippen molar-refractivity contribution >= 4 is 11.6 Å². The highest BCUT2D eigenvalue weighted by molar-refractivity contribution is 6.29. The van der Waals surface area contributed by atoms with E-state index in [1.165, 1.54) is 12.3 Å². The van der Waals surface area contributed by atoms with Crippen LogP contribution < -0.4 is 0 Å². The zero-order valence-corrected chi connectivity index (χ0v) is 13.1. The Labute approximate surface area is 140 Å². The molecule has 1 spiro atoms. The number of likely N-dealkylation sites (tertiary alicyclic amines) is 1. The van der Waals surface area contributed by atoms with E-state index in [0.29, 0.717) is 25.2 Å². The van der Waals surface area contributed by atoms with Crippen LogP contribution in [0.1, 0.15) is 12.0 Å². The van der Waals surface area contributed by atoms with Crippen molar-refractivity contribution in [2.24, 2.45) is 5.41 Å². The summed E-state index contributed by atoms with van der Waals surface area (Å²) < 4.78 is 54.4. The van der Waals surface area contributed by atoms with Gasteiger partial charge in [-0.15, -0.1) is 0 Å². The minimum atomic E-state index is -2.56. The second-order valence-corrected chi connectivity index (χ2v) is 6.85. The van der Waals surface area contributed by atoms with Gasteiger partial charge in [-0.1, -0.05) is 11.6 Å². The smallest absolute Gasteiger partial charge is 0.257 e. The van der Waals surface area contributed by atoms with Crippen LogP contribution in [-0.2, 0) is 6.54 Å². The van der Waals surface area contributed by atoms with Crippen molar-refractivity contribution in [2.75, 3.05) is 13.1 Å². The van der Waals surface area contributed by atoms with Gasteiger partial charge >= 0.3 is 0 Å². The van der Waals surface area contributed by atoms with Crippen LogP contribution in [0.4, 0.5) is 17.6 Å². The summed E-state index contributed by atoms with van der Waals surface area (Å²) in [4.78, 5) is 9.51. The van der Waals surface area contributed by atoms with Gasteiger partial charge in [0.25, 0.3) is 5.92 Å². The standard InChI is InChI=1S/C16H12ClF4N3/c17-13-2-11(18)10(4-22-13)14-12(19)1-9(3-23-14)5-24-7-15(8-24)6-16(15,20)21/h1-4H,5-8H2. The van der Waals surface area contributed by atoms with Crippen LogP contribution in [0, 0.1) is 17.0 Å². The van der Waals surface area contributed by atoms with Gasteiger partial charge in [-0.3, -0.25) is 9.88 Å². The molecule has 0 amide bonds. The average molecular weight is 358 g/mol. The van der Waals surface area contributed by atoms with Crippen LogP contribution >= 0.6 is 11.6 Å². The largest absolute Gasteiger partial charge is 0.297 e. The molecule has 3 nitrogen and oxygen atoms in total. The monoisotopic (exact) mass is 357 g/mol. The number of aromatic nitrogens is 2. The van der Waals surface area contributed by atoms with E-state index < -0.39 is 23.0 Å². The highest BCUT2D eigenvalue weighted by atomic mass is 35.5. The summed E-state index contributed by atoms with van der Waals surface area (Å²) in [5.74, 6) is -3.96. The number of hydrogen-bond acceptors (Lipinski definition) is 3. The fourth-order valence-electron chi connectivity index (χ4n) is 3.25. The number of halogens is 5. The average Bonchev–Trinajstić information content (AvgIpc) is 3.02. The quantitative estimate of drug-likeness (QED) is 0.616. The first-order valence-corrected chi connectivity index (χ1v) is 7.73. The van der Waals surface area contributed by atoms with Gasteiger partial charge in [0.15, 0.2) is 0 Å². The molecule has 2 fully saturated rings. The molecule has 24 heavy (non-hydrogen) atoms. The number of alkyl halides is 2. The number of pyridine rings is 2. The second kappa shape index (κ2) is 5.13. The summed E-state index contributed by atoms with van der Waals surface area (Å²) >= 11 is 5.57. The van der Waals surface area contributed by atoms with Crippen LogP contribution in [0.15, 0.2) is 24.5 Å². The van der Waals surface area contributed by atoms with E-state index in [-0.39, 0.29) is 22.8 Å². The Morgan fingerprint density at radius 1 is 1.08 bits per heavy atom. The lowest BCUT2D eigenvalue weighted by Gasteiger charge is -2.39. The van der Waals surface area contributed by atoms with Gasteiger partial charge in [0.1, 0.15) is 22.5 Å². The molecule has 1 aliphatic carbocycles. The summed E-state index contributed by atoms with van der Waals surface area (Å²) in [6.45, 7) is 0.946. The normalized spacial score (nSPS) is 20.9. The predicted molar refractivity (Wildman–Crippen MR) is 79.7 cm³/mol. The lowest BCUT2D eigenvalue weighted by atomic mass is 9.95. The van der Waals surface area contributed by atoms with Crippen LogP contribution in [0.25, 0.3) is 11.3 Å². The van der Waals surface area contributed by atoms with E-state index in [0.717, 1.165) is 12.3 Å². The van der Waals surface area contributed by atoms with Crippen molar-refractivity contribution in [3.8, 4) is 11.3 Å². The minimum absolute atomic E-state index is 0.0307. The van der Waals surface area contributed by atoms with Crippen LogP contribution in [0.5, 0.6) is 0 Å². The molecule has 0 radical (unpaired) electrons. The summed E-state index contributed by atoms with van der Waals surface area (Å²) in [6, 6.07) is 2.23. The second-order valence-electron chi connectivity index (χ2n) is 6.47. The molecule has 8 heteroatoms. The molecular formula is C16H12ClF4N3. The molecule has 1 saturated heterocycles. The molecule has 2 aromatic heterocycles. The highest BCUT2D eigenvalue weighted by Gasteiger charge is 2.75. The maximum absolute atomic E-state index is 14.2. The number of hydrogen-bond donors (Lipinski definition) is 0. The first-order valence-electron chi connectivity index (χ1n) is 7.36. The van der Waals surface area contributed by atoms with Crippen LogP contribution in [0.2, 0.25) is 5.15 Å². The molecular weight excluding hydrogens is 346 g/mol. The topological polar surface area (TPSA) is 29.0 Å². The zero-order chi connectivity index (χ0) is 17.1. The molecule has 3 heterocycles. The van der Waals surface area contributed by atoms with E-state index >= 15 is 0 Å². The van der Waals surface area contributed by atoms with Crippen molar-refractivity contribution in [1.29, 1.82) is 0 Å². The van der Waals surface area contributed by atoms with E-state index in [1.54, 1.807) is 0 Å². The molecule has 0 unspecified atom stereocenters. The van der Waals surface area contributed by atoms with Crippen LogP contribution in [0.3, 0.4) is 0 Å². The van der Waals surface area contributed by atoms with Gasteiger partial charge in [-0.05, 0) is 11.6 Å². The van der Waals surface area contributed by atoms with Crippen molar-refractivity contribution in [1.82, 2.24) is 14.9 Å². The number of rotatable bonds is 3. The minimum Gasteiger partial charge on any atom is -0.297 e. The Hall–Kier alpha value is -1.73. The lowest BCUT2D eigenvalue weighted by molar-refractivity contribution is -0.0279. The fraction of sp³-hybridized carbons (Fsp3) is 0.375. The highest BCUT2D eigenvalue weighted by Crippen LogP contribution is 2.65. The molecule has 2 aromatic rings. The van der Waals surface area contributed by atoms with Gasteiger partial charge < -0.3 is 0 Å². The van der Waals surface area contributed by atoms with Crippen molar-refractivity contribution in [3.05, 3.63) is 46.9 Å². The maximum atomic E-state index is 14.2. The molecule has 0 N–H and O–H groups in total. The Balaban J connectivity index is 1.49. The molecule has 0 aromatic carbocycles. The summed E-state index contributed by atoms with van der Waals surface area (Å²) in [5, 5.41) is -0.0307. The fourth-order valence-corrected chi connectivity index (χ4v) is 3.39. The van der Waals surface area contributed by atoms with Gasteiger partial charge in [-0.2, -0.15) is 0 Å². The van der Waals surface area contributed by atoms with Crippen molar-refractivity contribution < 1.29 is 17.6 Å². The van der Waals surface area contributed by atoms with Gasteiger partial charge in [-0.25, -0.2) is 22.5 Å². The van der Waals surface area contributed by atoms with Gasteiger partial charge in [0.05, 0.1) is 11.0 Å². The maximum Gasteiger partial charge on any atom is 0.257 e.